The van der Waals surface area contributed by atoms with Crippen LogP contribution in [0.2, 0.25) is 0 Å². The molecule has 0 saturated heterocycles. The summed E-state index contributed by atoms with van der Waals surface area (Å²) >= 11 is 0. The summed E-state index contributed by atoms with van der Waals surface area (Å²) in [6.45, 7) is 2.20. The third-order valence-corrected chi connectivity index (χ3v) is 4.71. The Morgan fingerprint density at radius 2 is 1.27 bits per heavy atom. The summed E-state index contributed by atoms with van der Waals surface area (Å²) in [5.41, 5.74) is 0. The summed E-state index contributed by atoms with van der Waals surface area (Å²) in [7, 11) is -4.43. The van der Waals surface area contributed by atoms with E-state index < -0.39 is 7.82 Å². The third kappa shape index (κ3) is 24.6. The van der Waals surface area contributed by atoms with Crippen molar-refractivity contribution in [3.63, 3.8) is 0 Å². The fourth-order valence-corrected chi connectivity index (χ4v) is 3.08. The number of phosphoric acid groups is 1. The quantitative estimate of drug-likeness (QED) is 0.182. The summed E-state index contributed by atoms with van der Waals surface area (Å²) in [4.78, 5) is 28.5. The van der Waals surface area contributed by atoms with Gasteiger partial charge in [0.05, 0.1) is 6.61 Å². The molecule has 0 spiro atoms. The van der Waals surface area contributed by atoms with Gasteiger partial charge in [0.15, 0.2) is 0 Å². The van der Waals surface area contributed by atoms with E-state index in [0.29, 0.717) is 6.42 Å². The van der Waals surface area contributed by atoms with Gasteiger partial charge in [-0.3, -0.25) is 9.32 Å². The predicted molar refractivity (Wildman–Crippen MR) is 108 cm³/mol. The number of carbonyl (C=O) groups excluding carboxylic acids is 1. The van der Waals surface area contributed by atoms with Gasteiger partial charge in [0.25, 0.3) is 0 Å². The van der Waals surface area contributed by atoms with E-state index in [0.717, 1.165) is 12.8 Å². The van der Waals surface area contributed by atoms with E-state index in [1.807, 2.05) is 0 Å². The SMILES string of the molecule is CCCCCCCCCCCCCCCC(=O)NCCOP(=O)(O)O.[NaH]. The van der Waals surface area contributed by atoms with Crippen LogP contribution in [-0.2, 0) is 13.9 Å². The van der Waals surface area contributed by atoms with Gasteiger partial charge in [0.1, 0.15) is 0 Å². The fourth-order valence-electron chi connectivity index (χ4n) is 2.75. The van der Waals surface area contributed by atoms with Crippen molar-refractivity contribution in [2.45, 2.75) is 96.8 Å². The van der Waals surface area contributed by atoms with Crippen molar-refractivity contribution in [1.82, 2.24) is 5.32 Å². The maximum absolute atomic E-state index is 11.5. The molecule has 0 heterocycles. The Morgan fingerprint density at radius 1 is 0.846 bits per heavy atom. The normalized spacial score (nSPS) is 11.2. The van der Waals surface area contributed by atoms with Crippen molar-refractivity contribution < 1.29 is 23.7 Å². The topological polar surface area (TPSA) is 95.9 Å². The fraction of sp³-hybridized carbons (Fsp3) is 0.944. The first-order chi connectivity index (χ1) is 12.0. The molecule has 0 unspecified atom stereocenters. The van der Waals surface area contributed by atoms with Crippen molar-refractivity contribution in [3.8, 4) is 0 Å². The van der Waals surface area contributed by atoms with Crippen LogP contribution in [0.5, 0.6) is 0 Å². The molecule has 0 aromatic heterocycles. The Kier molecular flexibility index (Phi) is 22.5. The van der Waals surface area contributed by atoms with Gasteiger partial charge in [0.2, 0.25) is 5.91 Å². The molecule has 0 fully saturated rings. The molecule has 0 aromatic rings. The van der Waals surface area contributed by atoms with E-state index in [1.54, 1.807) is 0 Å². The Morgan fingerprint density at radius 3 is 1.69 bits per heavy atom. The second kappa shape index (κ2) is 20.3. The van der Waals surface area contributed by atoms with Gasteiger partial charge in [-0.15, -0.1) is 0 Å². The molecule has 0 rings (SSSR count). The Hall–Kier alpha value is 0.580. The van der Waals surface area contributed by atoms with E-state index in [-0.39, 0.29) is 48.6 Å². The zero-order valence-corrected chi connectivity index (χ0v) is 16.8. The van der Waals surface area contributed by atoms with E-state index >= 15 is 0 Å². The number of hydrogen-bond donors (Lipinski definition) is 3. The summed E-state index contributed by atoms with van der Waals surface area (Å²) in [5, 5.41) is 2.59. The van der Waals surface area contributed by atoms with E-state index in [9.17, 15) is 9.36 Å². The van der Waals surface area contributed by atoms with Crippen LogP contribution < -0.4 is 5.32 Å². The Bertz CT molecular complexity index is 365. The van der Waals surface area contributed by atoms with Gasteiger partial charge in [-0.1, -0.05) is 84.0 Å². The number of carbonyl (C=O) groups is 1. The van der Waals surface area contributed by atoms with Crippen molar-refractivity contribution in [2.24, 2.45) is 0 Å². The first-order valence-corrected chi connectivity index (χ1v) is 11.5. The van der Waals surface area contributed by atoms with Gasteiger partial charge in [-0.2, -0.15) is 0 Å². The van der Waals surface area contributed by atoms with Gasteiger partial charge in [-0.05, 0) is 6.42 Å². The molecule has 0 aliphatic rings. The van der Waals surface area contributed by atoms with E-state index in [2.05, 4.69) is 16.8 Å². The third-order valence-electron chi connectivity index (χ3n) is 4.19. The maximum atomic E-state index is 11.5. The number of nitrogens with one attached hydrogen (secondary N) is 1. The first-order valence-electron chi connectivity index (χ1n) is 9.92. The van der Waals surface area contributed by atoms with Crippen molar-refractivity contribution >= 4 is 43.3 Å². The number of amides is 1. The zero-order chi connectivity index (χ0) is 18.8. The molecule has 0 radical (unpaired) electrons. The molecule has 0 bridgehead atoms. The summed E-state index contributed by atoms with van der Waals surface area (Å²) in [6.07, 6.45) is 17.0. The molecule has 8 heteroatoms. The van der Waals surface area contributed by atoms with Crippen LogP contribution in [0, 0.1) is 0 Å². The van der Waals surface area contributed by atoms with Gasteiger partial charge < -0.3 is 15.1 Å². The van der Waals surface area contributed by atoms with Crippen LogP contribution in [0.3, 0.4) is 0 Å². The molecule has 0 aliphatic carbocycles. The molecule has 6 nitrogen and oxygen atoms in total. The number of phosphoric ester groups is 1. The summed E-state index contributed by atoms with van der Waals surface area (Å²) < 4.78 is 14.7. The standard InChI is InChI=1S/C18H38NO5P.Na.H/c1-2-3-4-5-6-7-8-9-10-11-12-13-14-15-18(20)19-16-17-24-25(21,22)23;;/h2-17H2,1H3,(H,19,20)(H2,21,22,23);;. The van der Waals surface area contributed by atoms with Crippen LogP contribution >= 0.6 is 7.82 Å². The van der Waals surface area contributed by atoms with Crippen LogP contribution in [0.25, 0.3) is 0 Å². The summed E-state index contributed by atoms with van der Waals surface area (Å²) in [5.74, 6) is -0.0858. The Balaban J connectivity index is 0. The van der Waals surface area contributed by atoms with Crippen molar-refractivity contribution in [3.05, 3.63) is 0 Å². The van der Waals surface area contributed by atoms with Crippen LogP contribution in [0.4, 0.5) is 0 Å². The number of unbranched alkanes of at least 4 members (excludes halogenated alkanes) is 12. The summed E-state index contributed by atoms with van der Waals surface area (Å²) in [6, 6.07) is 0. The molecule has 0 aliphatic heterocycles. The molecule has 0 saturated carbocycles. The van der Waals surface area contributed by atoms with Crippen LogP contribution in [0.1, 0.15) is 96.8 Å². The molecule has 152 valence electrons. The predicted octanol–water partition coefficient (Wildman–Crippen LogP) is 4.04. The van der Waals surface area contributed by atoms with E-state index in [4.69, 9.17) is 9.79 Å². The molecular formula is C18H39NNaO5P. The molecule has 1 amide bonds. The monoisotopic (exact) mass is 403 g/mol. The van der Waals surface area contributed by atoms with E-state index in [1.165, 1.54) is 70.6 Å². The van der Waals surface area contributed by atoms with Crippen molar-refractivity contribution in [2.75, 3.05) is 13.2 Å². The van der Waals surface area contributed by atoms with Crippen LogP contribution in [-0.4, -0.2) is 58.4 Å². The average molecular weight is 403 g/mol. The second-order valence-electron chi connectivity index (χ2n) is 6.67. The minimum absolute atomic E-state index is 0. The first kappa shape index (κ1) is 28.8. The number of rotatable bonds is 18. The van der Waals surface area contributed by atoms with Crippen LogP contribution in [0.15, 0.2) is 0 Å². The molecule has 0 atom stereocenters. The minimum atomic E-state index is -4.43. The second-order valence-corrected chi connectivity index (χ2v) is 7.91. The van der Waals surface area contributed by atoms with Gasteiger partial charge >= 0.3 is 37.4 Å². The molecule has 3 N–H and O–H groups in total. The molecule has 26 heavy (non-hydrogen) atoms. The zero-order valence-electron chi connectivity index (χ0n) is 15.9. The van der Waals surface area contributed by atoms with Crippen molar-refractivity contribution in [1.29, 1.82) is 0 Å². The van der Waals surface area contributed by atoms with Gasteiger partial charge in [-0.25, -0.2) is 4.57 Å². The Labute approximate surface area is 181 Å². The molecule has 0 aromatic carbocycles. The molecular weight excluding hydrogens is 364 g/mol. The van der Waals surface area contributed by atoms with Gasteiger partial charge in [0, 0.05) is 13.0 Å². The average Bonchev–Trinajstić information content (AvgIpc) is 2.55. The number of hydrogen-bond acceptors (Lipinski definition) is 3.